The van der Waals surface area contributed by atoms with Gasteiger partial charge in [-0.15, -0.1) is 0 Å². The van der Waals surface area contributed by atoms with Gasteiger partial charge in [-0.2, -0.15) is 15.0 Å². The van der Waals surface area contributed by atoms with Crippen LogP contribution in [-0.4, -0.2) is 40.9 Å². The summed E-state index contributed by atoms with van der Waals surface area (Å²) in [4.78, 5) is 28.1. The van der Waals surface area contributed by atoms with E-state index in [2.05, 4.69) is 20.1 Å². The Bertz CT molecular complexity index is 1130. The first-order chi connectivity index (χ1) is 14.0. The minimum Gasteiger partial charge on any atom is -0.494 e. The van der Waals surface area contributed by atoms with Crippen molar-refractivity contribution in [1.82, 2.24) is 14.8 Å². The molecule has 9 heteroatoms. The molecule has 0 unspecified atom stereocenters. The van der Waals surface area contributed by atoms with Crippen LogP contribution < -0.4 is 10.1 Å². The maximum absolute atomic E-state index is 12.3. The molecule has 0 radical (unpaired) electrons. The standard InChI is InChI=1S/C20H19N5O4/c1-12-9-16(23-19-14(12)5-4-6-15(19)28-2)25-20(13(10-21)11-22-25)24-17(26)7-8-18(27)29-3/h4-6,9,11H,7-8H2,1-3H3,(H,24,26). The number of anilines is 1. The summed E-state index contributed by atoms with van der Waals surface area (Å²) >= 11 is 0. The number of carbonyl (C=O) groups excluding carboxylic acids is 2. The highest BCUT2D eigenvalue weighted by Gasteiger charge is 2.18. The fourth-order valence-corrected chi connectivity index (χ4v) is 2.88. The van der Waals surface area contributed by atoms with Gasteiger partial charge in [0.25, 0.3) is 0 Å². The van der Waals surface area contributed by atoms with Gasteiger partial charge in [0.2, 0.25) is 5.91 Å². The van der Waals surface area contributed by atoms with E-state index in [1.807, 2.05) is 25.1 Å². The fourth-order valence-electron chi connectivity index (χ4n) is 2.88. The number of hydrogen-bond donors (Lipinski definition) is 1. The second kappa shape index (κ2) is 8.39. The van der Waals surface area contributed by atoms with Crippen LogP contribution in [0.3, 0.4) is 0 Å². The van der Waals surface area contributed by atoms with Gasteiger partial charge in [0.05, 0.1) is 26.8 Å². The van der Waals surface area contributed by atoms with Gasteiger partial charge < -0.3 is 14.8 Å². The van der Waals surface area contributed by atoms with E-state index in [0.717, 1.165) is 10.9 Å². The van der Waals surface area contributed by atoms with E-state index in [0.29, 0.717) is 17.1 Å². The lowest BCUT2D eigenvalue weighted by molar-refractivity contribution is -0.141. The molecule has 0 aliphatic heterocycles. The SMILES string of the molecule is COC(=O)CCC(=O)Nc1c(C#N)cnn1-c1cc(C)c2cccc(OC)c2n1. The van der Waals surface area contributed by atoms with Gasteiger partial charge in [-0.05, 0) is 24.6 Å². The lowest BCUT2D eigenvalue weighted by atomic mass is 10.1. The number of rotatable bonds is 6. The molecule has 0 aliphatic rings. The molecule has 0 atom stereocenters. The number of amides is 1. The number of para-hydroxylation sites is 1. The van der Waals surface area contributed by atoms with E-state index in [9.17, 15) is 14.9 Å². The summed E-state index contributed by atoms with van der Waals surface area (Å²) in [6.07, 6.45) is 1.20. The van der Waals surface area contributed by atoms with Crippen LogP contribution in [0.2, 0.25) is 0 Å². The summed E-state index contributed by atoms with van der Waals surface area (Å²) in [5.74, 6) is 0.272. The minimum atomic E-state index is -0.493. The van der Waals surface area contributed by atoms with Crippen molar-refractivity contribution in [2.75, 3.05) is 19.5 Å². The summed E-state index contributed by atoms with van der Waals surface area (Å²) < 4.78 is 11.3. The molecule has 1 aromatic carbocycles. The largest absolute Gasteiger partial charge is 0.494 e. The van der Waals surface area contributed by atoms with Crippen molar-refractivity contribution in [3.05, 3.63) is 41.6 Å². The zero-order valence-electron chi connectivity index (χ0n) is 16.2. The van der Waals surface area contributed by atoms with Gasteiger partial charge in [0.15, 0.2) is 11.6 Å². The van der Waals surface area contributed by atoms with Gasteiger partial charge in [-0.25, -0.2) is 4.98 Å². The van der Waals surface area contributed by atoms with Gasteiger partial charge in [0.1, 0.15) is 22.9 Å². The molecule has 2 heterocycles. The molecule has 1 N–H and O–H groups in total. The molecular formula is C20H19N5O4. The molecule has 29 heavy (non-hydrogen) atoms. The second-order valence-electron chi connectivity index (χ2n) is 6.21. The summed E-state index contributed by atoms with van der Waals surface area (Å²) in [7, 11) is 2.82. The van der Waals surface area contributed by atoms with Gasteiger partial charge >= 0.3 is 5.97 Å². The number of hydrogen-bond acceptors (Lipinski definition) is 7. The highest BCUT2D eigenvalue weighted by Crippen LogP contribution is 2.29. The van der Waals surface area contributed by atoms with Crippen molar-refractivity contribution in [2.45, 2.75) is 19.8 Å². The number of esters is 1. The van der Waals surface area contributed by atoms with Gasteiger partial charge in [0, 0.05) is 11.8 Å². The molecular weight excluding hydrogens is 374 g/mol. The monoisotopic (exact) mass is 393 g/mol. The van der Waals surface area contributed by atoms with Crippen LogP contribution in [0.15, 0.2) is 30.5 Å². The van der Waals surface area contributed by atoms with Crippen LogP contribution in [0.4, 0.5) is 5.82 Å². The average molecular weight is 393 g/mol. The van der Waals surface area contributed by atoms with E-state index < -0.39 is 11.9 Å². The van der Waals surface area contributed by atoms with Crippen LogP contribution in [0.25, 0.3) is 16.7 Å². The number of nitrogens with one attached hydrogen (secondary N) is 1. The summed E-state index contributed by atoms with van der Waals surface area (Å²) in [5.41, 5.74) is 1.75. The third kappa shape index (κ3) is 4.01. The van der Waals surface area contributed by atoms with Crippen molar-refractivity contribution < 1.29 is 19.1 Å². The molecule has 0 spiro atoms. The molecule has 148 valence electrons. The summed E-state index contributed by atoms with van der Waals surface area (Å²) in [5, 5.41) is 17.2. The zero-order valence-corrected chi connectivity index (χ0v) is 16.2. The number of nitriles is 1. The quantitative estimate of drug-likeness (QED) is 0.639. The van der Waals surface area contributed by atoms with Crippen LogP contribution in [-0.2, 0) is 14.3 Å². The lowest BCUT2D eigenvalue weighted by Crippen LogP contribution is -2.17. The number of aryl methyl sites for hydroxylation is 1. The van der Waals surface area contributed by atoms with E-state index in [-0.39, 0.29) is 24.2 Å². The topological polar surface area (TPSA) is 119 Å². The molecule has 3 aromatic rings. The number of pyridine rings is 1. The van der Waals surface area contributed by atoms with Crippen molar-refractivity contribution in [3.63, 3.8) is 0 Å². The van der Waals surface area contributed by atoms with Crippen molar-refractivity contribution >= 4 is 28.6 Å². The van der Waals surface area contributed by atoms with Crippen molar-refractivity contribution in [3.8, 4) is 17.6 Å². The highest BCUT2D eigenvalue weighted by atomic mass is 16.5. The van der Waals surface area contributed by atoms with Crippen LogP contribution in [0, 0.1) is 18.3 Å². The molecule has 1 amide bonds. The number of methoxy groups -OCH3 is 2. The first kappa shape index (κ1) is 19.8. The summed E-state index contributed by atoms with van der Waals surface area (Å²) in [6, 6.07) is 9.42. The Balaban J connectivity index is 2.02. The second-order valence-corrected chi connectivity index (χ2v) is 6.21. The molecule has 0 saturated carbocycles. The Morgan fingerprint density at radius 3 is 2.76 bits per heavy atom. The van der Waals surface area contributed by atoms with Crippen molar-refractivity contribution in [1.29, 1.82) is 5.26 Å². The first-order valence-corrected chi connectivity index (χ1v) is 8.78. The molecule has 9 nitrogen and oxygen atoms in total. The Hall–Kier alpha value is -3.93. The molecule has 2 aromatic heterocycles. The first-order valence-electron chi connectivity index (χ1n) is 8.78. The summed E-state index contributed by atoms with van der Waals surface area (Å²) in [6.45, 7) is 1.93. The lowest BCUT2D eigenvalue weighted by Gasteiger charge is -2.12. The predicted molar refractivity (Wildman–Crippen MR) is 105 cm³/mol. The number of carbonyl (C=O) groups is 2. The Kier molecular flexibility index (Phi) is 5.74. The zero-order chi connectivity index (χ0) is 21.0. The molecule has 3 rings (SSSR count). The van der Waals surface area contributed by atoms with Crippen LogP contribution in [0.1, 0.15) is 24.0 Å². The number of aromatic nitrogens is 3. The number of fused-ring (bicyclic) bond motifs is 1. The maximum atomic E-state index is 12.3. The third-order valence-electron chi connectivity index (χ3n) is 4.36. The fraction of sp³-hybridized carbons (Fsp3) is 0.250. The minimum absolute atomic E-state index is 0.0666. The Morgan fingerprint density at radius 2 is 2.07 bits per heavy atom. The number of nitrogens with zero attached hydrogens (tertiary/aromatic N) is 4. The average Bonchev–Trinajstić information content (AvgIpc) is 3.13. The Labute approximate surface area is 166 Å². The number of benzene rings is 1. The van der Waals surface area contributed by atoms with Gasteiger partial charge in [-0.3, -0.25) is 9.59 Å². The van der Waals surface area contributed by atoms with E-state index in [4.69, 9.17) is 4.74 Å². The van der Waals surface area contributed by atoms with Crippen LogP contribution >= 0.6 is 0 Å². The van der Waals surface area contributed by atoms with Crippen molar-refractivity contribution in [2.24, 2.45) is 0 Å². The number of ether oxygens (including phenoxy) is 2. The predicted octanol–water partition coefficient (Wildman–Crippen LogP) is 2.50. The normalized spacial score (nSPS) is 10.4. The molecule has 0 aliphatic carbocycles. The van der Waals surface area contributed by atoms with E-state index in [1.54, 1.807) is 19.2 Å². The molecule has 0 bridgehead atoms. The Morgan fingerprint density at radius 1 is 1.28 bits per heavy atom. The van der Waals surface area contributed by atoms with E-state index >= 15 is 0 Å². The maximum Gasteiger partial charge on any atom is 0.306 e. The van der Waals surface area contributed by atoms with E-state index in [1.165, 1.54) is 18.0 Å². The van der Waals surface area contributed by atoms with Gasteiger partial charge in [-0.1, -0.05) is 12.1 Å². The highest BCUT2D eigenvalue weighted by molar-refractivity contribution is 5.93. The third-order valence-corrected chi connectivity index (χ3v) is 4.36. The smallest absolute Gasteiger partial charge is 0.306 e. The molecule has 0 saturated heterocycles. The molecule has 0 fully saturated rings. The van der Waals surface area contributed by atoms with Crippen LogP contribution in [0.5, 0.6) is 5.75 Å².